The first-order valence-corrected chi connectivity index (χ1v) is 8.46. The number of amides is 2. The minimum atomic E-state index is -0.900. The van der Waals surface area contributed by atoms with Gasteiger partial charge in [-0.05, 0) is 29.8 Å². The Morgan fingerprint density at radius 2 is 1.79 bits per heavy atom. The third-order valence-corrected chi connectivity index (χ3v) is 4.03. The number of nitrogens with one attached hydrogen (secondary N) is 1. The van der Waals surface area contributed by atoms with Crippen molar-refractivity contribution in [2.45, 2.75) is 6.54 Å². The fourth-order valence-electron chi connectivity index (χ4n) is 2.61. The van der Waals surface area contributed by atoms with E-state index >= 15 is 0 Å². The number of aromatic nitrogens is 1. The van der Waals surface area contributed by atoms with Crippen LogP contribution < -0.4 is 5.32 Å². The summed E-state index contributed by atoms with van der Waals surface area (Å²) in [6, 6.07) is 15.1. The summed E-state index contributed by atoms with van der Waals surface area (Å²) >= 11 is 0. The molecule has 3 rings (SSSR count). The van der Waals surface area contributed by atoms with Crippen molar-refractivity contribution in [3.05, 3.63) is 95.3 Å². The molecule has 1 heterocycles. The van der Waals surface area contributed by atoms with E-state index in [-0.39, 0.29) is 22.9 Å². The molecule has 1 aromatic heterocycles. The number of pyridine rings is 1. The van der Waals surface area contributed by atoms with E-state index in [0.717, 1.165) is 17.7 Å². The summed E-state index contributed by atoms with van der Waals surface area (Å²) in [7, 11) is 1.66. The summed E-state index contributed by atoms with van der Waals surface area (Å²) in [5, 5.41) is 2.32. The normalized spacial score (nSPS) is 10.4. The maximum Gasteiger partial charge on any atom is 0.274 e. The summed E-state index contributed by atoms with van der Waals surface area (Å²) in [6.07, 6.45) is 1.33. The maximum atomic E-state index is 13.7. The minimum Gasteiger partial charge on any atom is -0.337 e. The largest absolute Gasteiger partial charge is 0.337 e. The smallest absolute Gasteiger partial charge is 0.274 e. The lowest BCUT2D eigenvalue weighted by molar-refractivity contribution is 0.0785. The van der Waals surface area contributed by atoms with Gasteiger partial charge in [-0.2, -0.15) is 0 Å². The van der Waals surface area contributed by atoms with E-state index in [1.165, 1.54) is 23.2 Å². The number of hydrogen-bond acceptors (Lipinski definition) is 3. The highest BCUT2D eigenvalue weighted by Crippen LogP contribution is 2.16. The van der Waals surface area contributed by atoms with Crippen LogP contribution in [0.3, 0.4) is 0 Å². The van der Waals surface area contributed by atoms with Gasteiger partial charge in [0.15, 0.2) is 0 Å². The number of rotatable bonds is 5. The van der Waals surface area contributed by atoms with Gasteiger partial charge in [0.25, 0.3) is 11.8 Å². The first-order valence-electron chi connectivity index (χ1n) is 8.46. The van der Waals surface area contributed by atoms with E-state index in [2.05, 4.69) is 10.3 Å². The molecule has 0 atom stereocenters. The number of hydrogen-bond donors (Lipinski definition) is 1. The molecule has 0 saturated carbocycles. The second-order valence-electron chi connectivity index (χ2n) is 6.15. The highest BCUT2D eigenvalue weighted by atomic mass is 19.1. The Hall–Kier alpha value is -3.61. The number of halogens is 2. The van der Waals surface area contributed by atoms with E-state index in [1.54, 1.807) is 7.05 Å². The molecule has 0 radical (unpaired) electrons. The van der Waals surface area contributed by atoms with Crippen LogP contribution in [-0.4, -0.2) is 28.7 Å². The van der Waals surface area contributed by atoms with Crippen LogP contribution in [0.5, 0.6) is 0 Å². The van der Waals surface area contributed by atoms with Crippen molar-refractivity contribution < 1.29 is 18.4 Å². The van der Waals surface area contributed by atoms with Gasteiger partial charge in [0.2, 0.25) is 0 Å². The van der Waals surface area contributed by atoms with Gasteiger partial charge in [-0.25, -0.2) is 8.78 Å². The van der Waals surface area contributed by atoms with E-state index < -0.39 is 17.5 Å². The Labute approximate surface area is 160 Å². The van der Waals surface area contributed by atoms with Crippen LogP contribution in [0.25, 0.3) is 0 Å². The summed E-state index contributed by atoms with van der Waals surface area (Å²) in [6.45, 7) is 0.407. The van der Waals surface area contributed by atoms with Crippen molar-refractivity contribution in [1.82, 2.24) is 9.88 Å². The minimum absolute atomic E-state index is 0.0531. The zero-order chi connectivity index (χ0) is 20.1. The molecule has 0 aliphatic heterocycles. The second-order valence-corrected chi connectivity index (χ2v) is 6.15. The van der Waals surface area contributed by atoms with Crippen molar-refractivity contribution in [3.63, 3.8) is 0 Å². The van der Waals surface area contributed by atoms with Crippen molar-refractivity contribution >= 4 is 17.5 Å². The third-order valence-electron chi connectivity index (χ3n) is 4.03. The Morgan fingerprint density at radius 3 is 2.50 bits per heavy atom. The molecular weight excluding hydrogens is 364 g/mol. The van der Waals surface area contributed by atoms with Gasteiger partial charge < -0.3 is 10.2 Å². The van der Waals surface area contributed by atoms with Crippen LogP contribution in [0.1, 0.15) is 26.4 Å². The van der Waals surface area contributed by atoms with Crippen molar-refractivity contribution in [2.75, 3.05) is 12.4 Å². The van der Waals surface area contributed by atoms with Crippen LogP contribution in [-0.2, 0) is 6.54 Å². The lowest BCUT2D eigenvalue weighted by atomic mass is 10.1. The summed E-state index contributed by atoms with van der Waals surface area (Å²) in [5.74, 6) is -2.63. The highest BCUT2D eigenvalue weighted by molar-refractivity contribution is 6.04. The molecule has 2 aromatic carbocycles. The first-order chi connectivity index (χ1) is 13.4. The van der Waals surface area contributed by atoms with Crippen LogP contribution in [0.2, 0.25) is 0 Å². The average Bonchev–Trinajstić information content (AvgIpc) is 2.70. The third kappa shape index (κ3) is 4.56. The topological polar surface area (TPSA) is 62.3 Å². The number of carbonyl (C=O) groups excluding carboxylic acids is 2. The Bertz CT molecular complexity index is 1010. The molecular formula is C21H17F2N3O2. The van der Waals surface area contributed by atoms with Crippen molar-refractivity contribution in [3.8, 4) is 0 Å². The molecule has 0 bridgehead atoms. The van der Waals surface area contributed by atoms with E-state index in [0.29, 0.717) is 12.6 Å². The number of benzene rings is 2. The Balaban J connectivity index is 1.73. The highest BCUT2D eigenvalue weighted by Gasteiger charge is 2.16. The summed E-state index contributed by atoms with van der Waals surface area (Å²) < 4.78 is 26.7. The van der Waals surface area contributed by atoms with Crippen molar-refractivity contribution in [1.29, 1.82) is 0 Å². The van der Waals surface area contributed by atoms with Crippen LogP contribution >= 0.6 is 0 Å². The molecule has 0 unspecified atom stereocenters. The molecule has 0 spiro atoms. The number of anilines is 1. The molecule has 7 heteroatoms. The SMILES string of the molecule is CN(Cc1ccccc1)C(=O)c1ccnc(C(=O)Nc2ccc(F)cc2F)c1. The molecule has 0 fully saturated rings. The molecule has 0 aliphatic carbocycles. The predicted molar refractivity (Wildman–Crippen MR) is 101 cm³/mol. The zero-order valence-electron chi connectivity index (χ0n) is 15.0. The Morgan fingerprint density at radius 1 is 1.04 bits per heavy atom. The quantitative estimate of drug-likeness (QED) is 0.730. The average molecular weight is 381 g/mol. The van der Waals surface area contributed by atoms with Gasteiger partial charge in [0, 0.05) is 31.4 Å². The fraction of sp³-hybridized carbons (Fsp3) is 0.0952. The van der Waals surface area contributed by atoms with E-state index in [4.69, 9.17) is 0 Å². The molecule has 1 N–H and O–H groups in total. The van der Waals surface area contributed by atoms with Gasteiger partial charge in [-0.3, -0.25) is 14.6 Å². The maximum absolute atomic E-state index is 13.7. The monoisotopic (exact) mass is 381 g/mol. The van der Waals surface area contributed by atoms with Gasteiger partial charge in [-0.15, -0.1) is 0 Å². The van der Waals surface area contributed by atoms with Crippen LogP contribution in [0.4, 0.5) is 14.5 Å². The second kappa shape index (κ2) is 8.39. The van der Waals surface area contributed by atoms with Crippen molar-refractivity contribution in [2.24, 2.45) is 0 Å². The molecule has 3 aromatic rings. The zero-order valence-corrected chi connectivity index (χ0v) is 15.0. The molecule has 0 aliphatic rings. The van der Waals surface area contributed by atoms with Gasteiger partial charge in [-0.1, -0.05) is 30.3 Å². The summed E-state index contributed by atoms with van der Waals surface area (Å²) in [5.41, 5.74) is 1.02. The molecule has 2 amide bonds. The van der Waals surface area contributed by atoms with E-state index in [9.17, 15) is 18.4 Å². The van der Waals surface area contributed by atoms with Gasteiger partial charge in [0.1, 0.15) is 17.3 Å². The van der Waals surface area contributed by atoms with Crippen LogP contribution in [0, 0.1) is 11.6 Å². The lowest BCUT2D eigenvalue weighted by Crippen LogP contribution is -2.26. The Kier molecular flexibility index (Phi) is 5.74. The number of nitrogens with zero attached hydrogens (tertiary/aromatic N) is 2. The molecule has 5 nitrogen and oxygen atoms in total. The summed E-state index contributed by atoms with van der Waals surface area (Å²) in [4.78, 5) is 30.4. The lowest BCUT2D eigenvalue weighted by Gasteiger charge is -2.17. The molecule has 142 valence electrons. The van der Waals surface area contributed by atoms with E-state index in [1.807, 2.05) is 30.3 Å². The standard InChI is InChI=1S/C21H17F2N3O2/c1-26(13-14-5-3-2-4-6-14)21(28)15-9-10-24-19(11-15)20(27)25-18-8-7-16(22)12-17(18)23/h2-12H,13H2,1H3,(H,25,27). The number of carbonyl (C=O) groups is 2. The molecule has 28 heavy (non-hydrogen) atoms. The van der Waals surface area contributed by atoms with Gasteiger partial charge >= 0.3 is 0 Å². The fourth-order valence-corrected chi connectivity index (χ4v) is 2.61. The predicted octanol–water partition coefficient (Wildman–Crippen LogP) is 3.88. The first kappa shape index (κ1) is 19.2. The van der Waals surface area contributed by atoms with Gasteiger partial charge in [0.05, 0.1) is 5.69 Å². The molecule has 0 saturated heterocycles. The van der Waals surface area contributed by atoms with Crippen LogP contribution in [0.15, 0.2) is 66.9 Å².